The zero-order chi connectivity index (χ0) is 13.2. The maximum absolute atomic E-state index is 9.42. The molecule has 0 aliphatic heterocycles. The lowest BCUT2D eigenvalue weighted by atomic mass is 10.2. The van der Waals surface area contributed by atoms with Gasteiger partial charge in [-0.3, -0.25) is 4.98 Å². The van der Waals surface area contributed by atoms with Gasteiger partial charge in [0.2, 0.25) is 5.82 Å². The smallest absolute Gasteiger partial charge is 0.258 e. The molecular formula is C13H8ClN3O2. The average Bonchev–Trinajstić information content (AvgIpc) is 2.89. The maximum atomic E-state index is 9.42. The van der Waals surface area contributed by atoms with Gasteiger partial charge in [0, 0.05) is 11.8 Å². The van der Waals surface area contributed by atoms with Gasteiger partial charge in [0.1, 0.15) is 11.4 Å². The quantitative estimate of drug-likeness (QED) is 0.776. The summed E-state index contributed by atoms with van der Waals surface area (Å²) in [4.78, 5) is 8.32. The highest BCUT2D eigenvalue weighted by molar-refractivity contribution is 6.32. The van der Waals surface area contributed by atoms with Crippen LogP contribution in [0.3, 0.4) is 0 Å². The van der Waals surface area contributed by atoms with Crippen molar-refractivity contribution in [2.45, 2.75) is 0 Å². The number of hydrogen-bond donors (Lipinski definition) is 1. The summed E-state index contributed by atoms with van der Waals surface area (Å²) in [5.74, 6) is 0.740. The number of benzene rings is 1. The molecule has 6 heteroatoms. The van der Waals surface area contributed by atoms with Crippen molar-refractivity contribution in [3.05, 3.63) is 47.6 Å². The average molecular weight is 274 g/mol. The number of halogens is 1. The van der Waals surface area contributed by atoms with Gasteiger partial charge in [0.05, 0.1) is 5.02 Å². The van der Waals surface area contributed by atoms with E-state index in [4.69, 9.17) is 16.1 Å². The Bertz CT molecular complexity index is 727. The van der Waals surface area contributed by atoms with Crippen molar-refractivity contribution in [3.63, 3.8) is 0 Å². The van der Waals surface area contributed by atoms with Crippen LogP contribution in [0, 0.1) is 0 Å². The molecule has 5 nitrogen and oxygen atoms in total. The molecule has 0 amide bonds. The fourth-order valence-electron chi connectivity index (χ4n) is 1.63. The minimum absolute atomic E-state index is 0.133. The van der Waals surface area contributed by atoms with Crippen LogP contribution in [0.1, 0.15) is 0 Å². The first-order chi connectivity index (χ1) is 9.24. The summed E-state index contributed by atoms with van der Waals surface area (Å²) in [6.45, 7) is 0. The number of hydrogen-bond acceptors (Lipinski definition) is 5. The third-order valence-corrected chi connectivity index (χ3v) is 2.79. The van der Waals surface area contributed by atoms with E-state index in [-0.39, 0.29) is 5.75 Å². The zero-order valence-corrected chi connectivity index (χ0v) is 10.4. The normalized spacial score (nSPS) is 10.6. The molecule has 2 heterocycles. The molecule has 0 fully saturated rings. The van der Waals surface area contributed by atoms with Crippen LogP contribution in [-0.2, 0) is 0 Å². The Labute approximate surface area is 113 Å². The van der Waals surface area contributed by atoms with Crippen LogP contribution in [0.15, 0.2) is 47.1 Å². The molecule has 0 unspecified atom stereocenters. The van der Waals surface area contributed by atoms with Gasteiger partial charge in [-0.05, 0) is 30.3 Å². The standard InChI is InChI=1S/C13H8ClN3O2/c14-10-5-2-6-15-11(10)12-16-13(19-17-12)8-3-1-4-9(18)7-8/h1-7,18H. The summed E-state index contributed by atoms with van der Waals surface area (Å²) in [6, 6.07) is 9.99. The van der Waals surface area contributed by atoms with Gasteiger partial charge in [-0.1, -0.05) is 22.8 Å². The lowest BCUT2D eigenvalue weighted by molar-refractivity contribution is 0.431. The van der Waals surface area contributed by atoms with Gasteiger partial charge in [-0.2, -0.15) is 4.98 Å². The van der Waals surface area contributed by atoms with Crippen molar-refractivity contribution in [3.8, 4) is 28.7 Å². The largest absolute Gasteiger partial charge is 0.508 e. The number of phenols is 1. The van der Waals surface area contributed by atoms with Crippen molar-refractivity contribution in [2.24, 2.45) is 0 Å². The van der Waals surface area contributed by atoms with E-state index in [1.165, 1.54) is 6.07 Å². The van der Waals surface area contributed by atoms with Crippen molar-refractivity contribution in [1.82, 2.24) is 15.1 Å². The highest BCUT2D eigenvalue weighted by Crippen LogP contribution is 2.26. The lowest BCUT2D eigenvalue weighted by Gasteiger charge is -1.95. The minimum Gasteiger partial charge on any atom is -0.508 e. The van der Waals surface area contributed by atoms with Gasteiger partial charge < -0.3 is 9.63 Å². The van der Waals surface area contributed by atoms with E-state index in [0.29, 0.717) is 28.0 Å². The molecule has 1 aromatic carbocycles. The first kappa shape index (κ1) is 11.7. The second kappa shape index (κ2) is 4.70. The SMILES string of the molecule is Oc1cccc(-c2nc(-c3ncccc3Cl)no2)c1. The first-order valence-corrected chi connectivity index (χ1v) is 5.86. The number of phenolic OH excluding ortho intramolecular Hbond substituents is 1. The molecule has 2 aromatic heterocycles. The van der Waals surface area contributed by atoms with Crippen molar-refractivity contribution >= 4 is 11.6 Å². The highest BCUT2D eigenvalue weighted by Gasteiger charge is 2.14. The molecule has 3 rings (SSSR count). The number of rotatable bonds is 2. The Morgan fingerprint density at radius 3 is 2.84 bits per heavy atom. The molecule has 0 saturated heterocycles. The summed E-state index contributed by atoms with van der Waals surface area (Å²) < 4.78 is 5.14. The summed E-state index contributed by atoms with van der Waals surface area (Å²) in [6.07, 6.45) is 1.60. The fraction of sp³-hybridized carbons (Fsp3) is 0. The van der Waals surface area contributed by atoms with Crippen LogP contribution in [0.5, 0.6) is 5.75 Å². The number of aromatic nitrogens is 3. The summed E-state index contributed by atoms with van der Waals surface area (Å²) in [7, 11) is 0. The molecule has 19 heavy (non-hydrogen) atoms. The van der Waals surface area contributed by atoms with Crippen LogP contribution in [0.4, 0.5) is 0 Å². The molecule has 0 radical (unpaired) electrons. The minimum atomic E-state index is 0.133. The third kappa shape index (κ3) is 2.28. The van der Waals surface area contributed by atoms with Crippen molar-refractivity contribution in [1.29, 1.82) is 0 Å². The van der Waals surface area contributed by atoms with Crippen molar-refractivity contribution < 1.29 is 9.63 Å². The van der Waals surface area contributed by atoms with Crippen LogP contribution in [0.2, 0.25) is 5.02 Å². The highest BCUT2D eigenvalue weighted by atomic mass is 35.5. The Kier molecular flexibility index (Phi) is 2.89. The van der Waals surface area contributed by atoms with E-state index in [1.807, 2.05) is 0 Å². The Morgan fingerprint density at radius 2 is 2.05 bits per heavy atom. The molecule has 0 aliphatic carbocycles. The number of aromatic hydroxyl groups is 1. The van der Waals surface area contributed by atoms with E-state index in [1.54, 1.807) is 36.5 Å². The predicted octanol–water partition coefficient (Wildman–Crippen LogP) is 3.16. The molecule has 0 bridgehead atoms. The Hall–Kier alpha value is -2.40. The van der Waals surface area contributed by atoms with E-state index < -0.39 is 0 Å². The maximum Gasteiger partial charge on any atom is 0.258 e. The van der Waals surface area contributed by atoms with Crippen LogP contribution < -0.4 is 0 Å². The van der Waals surface area contributed by atoms with Gasteiger partial charge in [-0.25, -0.2) is 0 Å². The molecule has 0 saturated carbocycles. The fourth-order valence-corrected chi connectivity index (χ4v) is 1.83. The van der Waals surface area contributed by atoms with E-state index in [0.717, 1.165) is 0 Å². The van der Waals surface area contributed by atoms with Crippen molar-refractivity contribution in [2.75, 3.05) is 0 Å². The van der Waals surface area contributed by atoms with Gasteiger partial charge in [0.25, 0.3) is 5.89 Å². The van der Waals surface area contributed by atoms with Gasteiger partial charge >= 0.3 is 0 Å². The van der Waals surface area contributed by atoms with E-state index >= 15 is 0 Å². The Balaban J connectivity index is 2.03. The second-order valence-corrected chi connectivity index (χ2v) is 4.21. The molecule has 0 atom stereocenters. The predicted molar refractivity (Wildman–Crippen MR) is 69.6 cm³/mol. The van der Waals surface area contributed by atoms with Crippen LogP contribution in [-0.4, -0.2) is 20.2 Å². The molecule has 0 aliphatic rings. The molecule has 3 aromatic rings. The molecule has 94 valence electrons. The third-order valence-electron chi connectivity index (χ3n) is 2.49. The summed E-state index contributed by atoms with van der Waals surface area (Å²) in [5.41, 5.74) is 1.09. The number of nitrogens with zero attached hydrogens (tertiary/aromatic N) is 3. The van der Waals surface area contributed by atoms with Gasteiger partial charge in [-0.15, -0.1) is 0 Å². The van der Waals surface area contributed by atoms with E-state index in [9.17, 15) is 5.11 Å². The number of pyridine rings is 1. The molecule has 1 N–H and O–H groups in total. The van der Waals surface area contributed by atoms with Gasteiger partial charge in [0.15, 0.2) is 0 Å². The summed E-state index contributed by atoms with van der Waals surface area (Å²) in [5, 5.41) is 13.7. The van der Waals surface area contributed by atoms with Crippen LogP contribution in [0.25, 0.3) is 23.0 Å². The monoisotopic (exact) mass is 273 g/mol. The van der Waals surface area contributed by atoms with E-state index in [2.05, 4.69) is 15.1 Å². The zero-order valence-electron chi connectivity index (χ0n) is 9.62. The molecule has 0 spiro atoms. The Morgan fingerprint density at radius 1 is 1.16 bits per heavy atom. The molecular weight excluding hydrogens is 266 g/mol. The van der Waals surface area contributed by atoms with Crippen LogP contribution >= 0.6 is 11.6 Å². The topological polar surface area (TPSA) is 72.0 Å². The first-order valence-electron chi connectivity index (χ1n) is 5.48. The second-order valence-electron chi connectivity index (χ2n) is 3.81. The lowest BCUT2D eigenvalue weighted by Crippen LogP contribution is -1.86. The summed E-state index contributed by atoms with van der Waals surface area (Å²) >= 11 is 6.02.